The highest BCUT2D eigenvalue weighted by Crippen LogP contribution is 2.10. The maximum absolute atomic E-state index is 12.3. The molecular weight excluding hydrogens is 171 g/mol. The average Bonchev–Trinajstić information content (AvgIpc) is 2.20. The predicted molar refractivity (Wildman–Crippen MR) is 50.3 cm³/mol. The lowest BCUT2D eigenvalue weighted by atomic mass is 10.3. The highest BCUT2D eigenvalue weighted by molar-refractivity contribution is 5.21. The molecule has 0 aliphatic heterocycles. The number of aliphatic hydroxyl groups excluding tert-OH is 1. The summed E-state index contributed by atoms with van der Waals surface area (Å²) in [5.41, 5.74) is 0. The second-order valence-corrected chi connectivity index (χ2v) is 2.03. The van der Waals surface area contributed by atoms with Crippen LogP contribution < -0.4 is 4.74 Å². The summed E-state index contributed by atoms with van der Waals surface area (Å²) in [6, 6.07) is 5.66. The van der Waals surface area contributed by atoms with Gasteiger partial charge in [0.2, 0.25) is 0 Å². The summed E-state index contributed by atoms with van der Waals surface area (Å²) in [5.74, 6) is 0.279. The molecule has 0 fully saturated rings. The third-order valence-electron chi connectivity index (χ3n) is 1.17. The molecule has 0 unspecified atom stereocenters. The van der Waals surface area contributed by atoms with Crippen LogP contribution in [0.1, 0.15) is 13.8 Å². The van der Waals surface area contributed by atoms with Crippen molar-refractivity contribution >= 4 is 0 Å². The predicted octanol–water partition coefficient (Wildman–Crippen LogP) is 2.22. The summed E-state index contributed by atoms with van der Waals surface area (Å²) in [4.78, 5) is 0. The molecule has 74 valence electrons. The number of benzene rings is 1. The van der Waals surface area contributed by atoms with Crippen molar-refractivity contribution in [2.24, 2.45) is 0 Å². The van der Waals surface area contributed by atoms with Crippen molar-refractivity contribution in [1.82, 2.24) is 0 Å². The molecule has 0 saturated carbocycles. The lowest BCUT2D eigenvalue weighted by Gasteiger charge is -2.02. The van der Waals surface area contributed by atoms with Gasteiger partial charge in [0, 0.05) is 0 Å². The van der Waals surface area contributed by atoms with Gasteiger partial charge in [-0.25, -0.2) is 4.39 Å². The zero-order chi connectivity index (χ0) is 10.1. The molecule has 3 heteroatoms. The molecule has 0 aromatic heterocycles. The standard InChI is InChI=1S/C8H9FO2.C2H6/c9-7-1-3-8(4-2-7)11-6-5-10;1-2/h1-4,10H,5-6H2;1-2H3. The van der Waals surface area contributed by atoms with E-state index in [0.29, 0.717) is 5.75 Å². The summed E-state index contributed by atoms with van der Waals surface area (Å²) in [7, 11) is 0. The van der Waals surface area contributed by atoms with Crippen LogP contribution >= 0.6 is 0 Å². The first-order valence-electron chi connectivity index (χ1n) is 4.32. The number of aliphatic hydroxyl groups is 1. The van der Waals surface area contributed by atoms with Crippen LogP contribution in [0.2, 0.25) is 0 Å². The maximum atomic E-state index is 12.3. The molecule has 1 rings (SSSR count). The van der Waals surface area contributed by atoms with Crippen molar-refractivity contribution in [1.29, 1.82) is 0 Å². The summed E-state index contributed by atoms with van der Waals surface area (Å²) >= 11 is 0. The Hall–Kier alpha value is -1.09. The van der Waals surface area contributed by atoms with E-state index in [0.717, 1.165) is 0 Å². The van der Waals surface area contributed by atoms with E-state index in [9.17, 15) is 4.39 Å². The van der Waals surface area contributed by atoms with E-state index in [1.165, 1.54) is 24.3 Å². The minimum atomic E-state index is -0.290. The molecule has 0 atom stereocenters. The first-order valence-corrected chi connectivity index (χ1v) is 4.32. The van der Waals surface area contributed by atoms with Crippen LogP contribution in [-0.2, 0) is 0 Å². The topological polar surface area (TPSA) is 29.5 Å². The van der Waals surface area contributed by atoms with Crippen molar-refractivity contribution in [3.63, 3.8) is 0 Å². The zero-order valence-corrected chi connectivity index (χ0v) is 7.96. The quantitative estimate of drug-likeness (QED) is 0.784. The van der Waals surface area contributed by atoms with Gasteiger partial charge < -0.3 is 9.84 Å². The highest BCUT2D eigenvalue weighted by Gasteiger charge is 1.92. The van der Waals surface area contributed by atoms with Gasteiger partial charge in [-0.15, -0.1) is 0 Å². The monoisotopic (exact) mass is 186 g/mol. The van der Waals surface area contributed by atoms with E-state index < -0.39 is 0 Å². The van der Waals surface area contributed by atoms with Crippen LogP contribution in [0.15, 0.2) is 24.3 Å². The van der Waals surface area contributed by atoms with Crippen molar-refractivity contribution in [2.45, 2.75) is 13.8 Å². The summed E-state index contributed by atoms with van der Waals surface area (Å²) in [6.45, 7) is 4.21. The third-order valence-corrected chi connectivity index (χ3v) is 1.17. The molecule has 0 amide bonds. The van der Waals surface area contributed by atoms with Crippen LogP contribution in [0.3, 0.4) is 0 Å². The van der Waals surface area contributed by atoms with Crippen molar-refractivity contribution < 1.29 is 14.2 Å². The van der Waals surface area contributed by atoms with Gasteiger partial charge in [0.05, 0.1) is 6.61 Å². The fourth-order valence-electron chi connectivity index (χ4n) is 0.694. The third kappa shape index (κ3) is 5.20. The largest absolute Gasteiger partial charge is 0.491 e. The molecule has 2 nitrogen and oxygen atoms in total. The fraction of sp³-hybridized carbons (Fsp3) is 0.400. The van der Waals surface area contributed by atoms with Crippen LogP contribution in [-0.4, -0.2) is 18.3 Å². The molecule has 0 aliphatic carbocycles. The molecule has 0 bridgehead atoms. The number of ether oxygens (including phenoxy) is 1. The maximum Gasteiger partial charge on any atom is 0.123 e. The first kappa shape index (κ1) is 11.9. The van der Waals surface area contributed by atoms with Gasteiger partial charge in [0.1, 0.15) is 18.2 Å². The van der Waals surface area contributed by atoms with Crippen LogP contribution in [0, 0.1) is 5.82 Å². The minimum absolute atomic E-state index is 0.0304. The van der Waals surface area contributed by atoms with Crippen LogP contribution in [0.4, 0.5) is 4.39 Å². The number of hydrogen-bond acceptors (Lipinski definition) is 2. The van der Waals surface area contributed by atoms with Gasteiger partial charge in [-0.2, -0.15) is 0 Å². The molecule has 0 spiro atoms. The smallest absolute Gasteiger partial charge is 0.123 e. The molecule has 1 aromatic rings. The molecular formula is C10H15FO2. The second-order valence-electron chi connectivity index (χ2n) is 2.03. The highest BCUT2D eigenvalue weighted by atomic mass is 19.1. The normalized spacial score (nSPS) is 8.62. The summed E-state index contributed by atoms with van der Waals surface area (Å²) in [5, 5.41) is 8.38. The van der Waals surface area contributed by atoms with Crippen LogP contribution in [0.5, 0.6) is 5.75 Å². The zero-order valence-electron chi connectivity index (χ0n) is 7.96. The Morgan fingerprint density at radius 1 is 1.23 bits per heavy atom. The van der Waals surface area contributed by atoms with Crippen molar-refractivity contribution in [2.75, 3.05) is 13.2 Å². The lowest BCUT2D eigenvalue weighted by molar-refractivity contribution is 0.201. The number of rotatable bonds is 3. The van der Waals surface area contributed by atoms with E-state index in [-0.39, 0.29) is 19.0 Å². The average molecular weight is 186 g/mol. The van der Waals surface area contributed by atoms with Gasteiger partial charge in [-0.3, -0.25) is 0 Å². The Morgan fingerprint density at radius 3 is 2.23 bits per heavy atom. The van der Waals surface area contributed by atoms with Crippen molar-refractivity contribution in [3.8, 4) is 5.75 Å². The van der Waals surface area contributed by atoms with Gasteiger partial charge in [-0.05, 0) is 24.3 Å². The number of hydrogen-bond donors (Lipinski definition) is 1. The molecule has 1 N–H and O–H groups in total. The minimum Gasteiger partial charge on any atom is -0.491 e. The van der Waals surface area contributed by atoms with Gasteiger partial charge in [0.15, 0.2) is 0 Å². The van der Waals surface area contributed by atoms with E-state index in [4.69, 9.17) is 9.84 Å². The lowest BCUT2D eigenvalue weighted by Crippen LogP contribution is -2.01. The second kappa shape index (κ2) is 7.55. The van der Waals surface area contributed by atoms with E-state index in [1.54, 1.807) is 0 Å². The summed E-state index contributed by atoms with van der Waals surface area (Å²) in [6.07, 6.45) is 0. The van der Waals surface area contributed by atoms with Gasteiger partial charge >= 0.3 is 0 Å². The Morgan fingerprint density at radius 2 is 1.77 bits per heavy atom. The van der Waals surface area contributed by atoms with E-state index in [2.05, 4.69) is 0 Å². The first-order chi connectivity index (χ1) is 6.33. The SMILES string of the molecule is CC.OCCOc1ccc(F)cc1. The molecule has 0 saturated heterocycles. The van der Waals surface area contributed by atoms with E-state index in [1.807, 2.05) is 13.8 Å². The fourth-order valence-corrected chi connectivity index (χ4v) is 0.694. The Kier molecular flexibility index (Phi) is 6.92. The molecule has 0 radical (unpaired) electrons. The molecule has 0 heterocycles. The number of halogens is 1. The molecule has 0 aliphatic rings. The van der Waals surface area contributed by atoms with E-state index >= 15 is 0 Å². The Balaban J connectivity index is 0.000000671. The molecule has 1 aromatic carbocycles. The van der Waals surface area contributed by atoms with Crippen LogP contribution in [0.25, 0.3) is 0 Å². The molecule has 13 heavy (non-hydrogen) atoms. The Labute approximate surface area is 78.0 Å². The van der Waals surface area contributed by atoms with Crippen molar-refractivity contribution in [3.05, 3.63) is 30.1 Å². The Bertz CT molecular complexity index is 209. The summed E-state index contributed by atoms with van der Waals surface area (Å²) < 4.78 is 17.3. The van der Waals surface area contributed by atoms with Gasteiger partial charge in [0.25, 0.3) is 0 Å². The van der Waals surface area contributed by atoms with Gasteiger partial charge in [-0.1, -0.05) is 13.8 Å².